The third-order valence-corrected chi connectivity index (χ3v) is 3.49. The Kier molecular flexibility index (Phi) is 5.57. The van der Waals surface area contributed by atoms with Crippen LogP contribution in [0.3, 0.4) is 0 Å². The first-order valence-corrected chi connectivity index (χ1v) is 7.04. The van der Waals surface area contributed by atoms with E-state index in [9.17, 15) is 9.59 Å². The zero-order chi connectivity index (χ0) is 15.1. The number of carbonyl (C=O) groups is 2. The number of nitrogens with zero attached hydrogens (tertiary/aromatic N) is 1. The molecule has 0 aromatic heterocycles. The molecule has 1 aliphatic heterocycles. The van der Waals surface area contributed by atoms with Crippen molar-refractivity contribution in [2.45, 2.75) is 12.3 Å². The van der Waals surface area contributed by atoms with Gasteiger partial charge < -0.3 is 20.1 Å². The second kappa shape index (κ2) is 7.64. The van der Waals surface area contributed by atoms with Gasteiger partial charge in [-0.1, -0.05) is 30.3 Å². The number of benzene rings is 1. The van der Waals surface area contributed by atoms with E-state index in [0.717, 1.165) is 13.0 Å². The van der Waals surface area contributed by atoms with Gasteiger partial charge >= 0.3 is 12.0 Å². The molecule has 2 N–H and O–H groups in total. The third kappa shape index (κ3) is 4.75. The average Bonchev–Trinajstić information content (AvgIpc) is 2.97. The molecule has 1 atom stereocenters. The van der Waals surface area contributed by atoms with E-state index < -0.39 is 5.97 Å². The Labute approximate surface area is 123 Å². The highest BCUT2D eigenvalue weighted by molar-refractivity contribution is 5.74. The molecule has 1 heterocycles. The van der Waals surface area contributed by atoms with Gasteiger partial charge in [-0.2, -0.15) is 0 Å². The van der Waals surface area contributed by atoms with Crippen LogP contribution in [0, 0.1) is 0 Å². The van der Waals surface area contributed by atoms with Crippen LogP contribution < -0.4 is 5.32 Å². The maximum Gasteiger partial charge on any atom is 0.329 e. The minimum Gasteiger partial charge on any atom is -0.480 e. The first-order chi connectivity index (χ1) is 10.2. The molecule has 1 aromatic carbocycles. The standard InChI is InChI=1S/C15H20N2O4/c18-14(19)11-21-9-7-16-15(20)17-8-6-13(10-17)12-4-2-1-3-5-12/h1-5,13H,6-11H2,(H,16,20)(H,18,19). The van der Waals surface area contributed by atoms with Crippen LogP contribution >= 0.6 is 0 Å². The first kappa shape index (κ1) is 15.3. The first-order valence-electron chi connectivity index (χ1n) is 7.04. The molecule has 0 saturated carbocycles. The highest BCUT2D eigenvalue weighted by atomic mass is 16.5. The fraction of sp³-hybridized carbons (Fsp3) is 0.467. The number of urea groups is 1. The van der Waals surface area contributed by atoms with Crippen molar-refractivity contribution in [1.29, 1.82) is 0 Å². The Balaban J connectivity index is 1.69. The van der Waals surface area contributed by atoms with Crippen molar-refractivity contribution in [1.82, 2.24) is 10.2 Å². The molecule has 0 radical (unpaired) electrons. The van der Waals surface area contributed by atoms with Crippen molar-refractivity contribution in [2.24, 2.45) is 0 Å². The number of carbonyl (C=O) groups excluding carboxylic acids is 1. The molecule has 114 valence electrons. The molecule has 21 heavy (non-hydrogen) atoms. The lowest BCUT2D eigenvalue weighted by atomic mass is 9.99. The summed E-state index contributed by atoms with van der Waals surface area (Å²) in [6.07, 6.45) is 0.965. The van der Waals surface area contributed by atoms with Gasteiger partial charge in [-0.15, -0.1) is 0 Å². The Hall–Kier alpha value is -2.08. The number of rotatable bonds is 6. The lowest BCUT2D eigenvalue weighted by Gasteiger charge is -2.17. The van der Waals surface area contributed by atoms with Gasteiger partial charge in [0.15, 0.2) is 0 Å². The number of aliphatic carboxylic acids is 1. The summed E-state index contributed by atoms with van der Waals surface area (Å²) >= 11 is 0. The minimum atomic E-state index is -1.01. The van der Waals surface area contributed by atoms with Crippen LogP contribution in [0.5, 0.6) is 0 Å². The zero-order valence-electron chi connectivity index (χ0n) is 11.8. The Morgan fingerprint density at radius 3 is 2.81 bits per heavy atom. The fourth-order valence-corrected chi connectivity index (χ4v) is 2.44. The summed E-state index contributed by atoms with van der Waals surface area (Å²) < 4.78 is 4.87. The molecule has 0 spiro atoms. The van der Waals surface area contributed by atoms with E-state index in [1.807, 2.05) is 18.2 Å². The fourth-order valence-electron chi connectivity index (χ4n) is 2.44. The largest absolute Gasteiger partial charge is 0.480 e. The molecule has 1 unspecified atom stereocenters. The lowest BCUT2D eigenvalue weighted by Crippen LogP contribution is -2.39. The van der Waals surface area contributed by atoms with E-state index in [2.05, 4.69) is 17.4 Å². The predicted octanol–water partition coefficient (Wildman–Crippen LogP) is 1.29. The van der Waals surface area contributed by atoms with Gasteiger partial charge in [-0.05, 0) is 12.0 Å². The van der Waals surface area contributed by atoms with Crippen LogP contribution in [-0.2, 0) is 9.53 Å². The van der Waals surface area contributed by atoms with E-state index in [0.29, 0.717) is 19.0 Å². The Morgan fingerprint density at radius 2 is 2.10 bits per heavy atom. The van der Waals surface area contributed by atoms with Gasteiger partial charge in [-0.25, -0.2) is 9.59 Å². The summed E-state index contributed by atoms with van der Waals surface area (Å²) in [5.41, 5.74) is 1.26. The van der Waals surface area contributed by atoms with Crippen LogP contribution in [0.25, 0.3) is 0 Å². The number of nitrogens with one attached hydrogen (secondary N) is 1. The van der Waals surface area contributed by atoms with Crippen molar-refractivity contribution in [3.05, 3.63) is 35.9 Å². The average molecular weight is 292 g/mol. The number of amides is 2. The van der Waals surface area contributed by atoms with Gasteiger partial charge in [0.2, 0.25) is 0 Å². The van der Waals surface area contributed by atoms with Gasteiger partial charge in [0, 0.05) is 25.6 Å². The number of carboxylic acids is 1. The number of ether oxygens (including phenoxy) is 1. The Bertz CT molecular complexity index is 478. The highest BCUT2D eigenvalue weighted by Gasteiger charge is 2.26. The SMILES string of the molecule is O=C(O)COCCNC(=O)N1CCC(c2ccccc2)C1. The monoisotopic (exact) mass is 292 g/mol. The highest BCUT2D eigenvalue weighted by Crippen LogP contribution is 2.26. The van der Waals surface area contributed by atoms with Crippen molar-refractivity contribution in [2.75, 3.05) is 32.8 Å². The Morgan fingerprint density at radius 1 is 1.33 bits per heavy atom. The molecule has 2 amide bonds. The molecule has 1 aliphatic rings. The molecule has 1 fully saturated rings. The summed E-state index contributed by atoms with van der Waals surface area (Å²) in [6, 6.07) is 10.1. The maximum atomic E-state index is 12.0. The summed E-state index contributed by atoms with van der Waals surface area (Å²) in [4.78, 5) is 24.0. The lowest BCUT2D eigenvalue weighted by molar-refractivity contribution is -0.142. The second-order valence-corrected chi connectivity index (χ2v) is 5.02. The van der Waals surface area contributed by atoms with Gasteiger partial charge in [0.1, 0.15) is 6.61 Å². The van der Waals surface area contributed by atoms with Crippen molar-refractivity contribution >= 4 is 12.0 Å². The van der Waals surface area contributed by atoms with E-state index in [4.69, 9.17) is 9.84 Å². The summed E-state index contributed by atoms with van der Waals surface area (Å²) in [5.74, 6) is -0.619. The van der Waals surface area contributed by atoms with Gasteiger partial charge in [0.05, 0.1) is 6.61 Å². The summed E-state index contributed by atoms with van der Waals surface area (Å²) in [7, 11) is 0. The molecule has 0 bridgehead atoms. The number of likely N-dealkylation sites (tertiary alicyclic amines) is 1. The number of carboxylic acid groups (broad SMARTS) is 1. The maximum absolute atomic E-state index is 12.0. The van der Waals surface area contributed by atoms with Gasteiger partial charge in [-0.3, -0.25) is 0 Å². The topological polar surface area (TPSA) is 78.9 Å². The quantitative estimate of drug-likeness (QED) is 0.774. The molecule has 6 nitrogen and oxygen atoms in total. The normalized spacial score (nSPS) is 17.7. The van der Waals surface area contributed by atoms with Crippen molar-refractivity contribution in [3.8, 4) is 0 Å². The van der Waals surface area contributed by atoms with Crippen LogP contribution in [0.2, 0.25) is 0 Å². The minimum absolute atomic E-state index is 0.118. The predicted molar refractivity (Wildman–Crippen MR) is 77.2 cm³/mol. The van der Waals surface area contributed by atoms with E-state index in [1.54, 1.807) is 4.90 Å². The summed E-state index contributed by atoms with van der Waals surface area (Å²) in [6.45, 7) is 1.63. The molecular weight excluding hydrogens is 272 g/mol. The number of hydrogen-bond donors (Lipinski definition) is 2. The molecule has 0 aliphatic carbocycles. The number of hydrogen-bond acceptors (Lipinski definition) is 3. The smallest absolute Gasteiger partial charge is 0.329 e. The van der Waals surface area contributed by atoms with Crippen LogP contribution in [0.1, 0.15) is 17.9 Å². The molecule has 6 heteroatoms. The molecule has 1 aromatic rings. The zero-order valence-corrected chi connectivity index (χ0v) is 11.8. The third-order valence-electron chi connectivity index (χ3n) is 3.49. The van der Waals surface area contributed by atoms with Crippen molar-refractivity contribution in [3.63, 3.8) is 0 Å². The molecule has 1 saturated heterocycles. The van der Waals surface area contributed by atoms with Crippen LogP contribution in [0.4, 0.5) is 4.79 Å². The van der Waals surface area contributed by atoms with E-state index in [-0.39, 0.29) is 19.2 Å². The van der Waals surface area contributed by atoms with Crippen LogP contribution in [-0.4, -0.2) is 54.9 Å². The molecular formula is C15H20N2O4. The molecule has 2 rings (SSSR count). The second-order valence-electron chi connectivity index (χ2n) is 5.02. The van der Waals surface area contributed by atoms with Gasteiger partial charge in [0.25, 0.3) is 0 Å². The van der Waals surface area contributed by atoms with Crippen molar-refractivity contribution < 1.29 is 19.4 Å². The van der Waals surface area contributed by atoms with E-state index in [1.165, 1.54) is 5.56 Å². The van der Waals surface area contributed by atoms with Crippen LogP contribution in [0.15, 0.2) is 30.3 Å². The summed E-state index contributed by atoms with van der Waals surface area (Å²) in [5, 5.41) is 11.2. The van der Waals surface area contributed by atoms with E-state index >= 15 is 0 Å².